The van der Waals surface area contributed by atoms with E-state index < -0.39 is 0 Å². The first-order valence-corrected chi connectivity index (χ1v) is 6.77. The maximum absolute atomic E-state index is 10.2. The van der Waals surface area contributed by atoms with Crippen molar-refractivity contribution in [1.82, 2.24) is 0 Å². The fraction of sp³-hybridized carbons (Fsp3) is 0.857. The summed E-state index contributed by atoms with van der Waals surface area (Å²) in [6.45, 7) is 0. The van der Waals surface area contributed by atoms with Crippen molar-refractivity contribution in [2.45, 2.75) is 64.2 Å². The maximum Gasteiger partial charge on any atom is 0.123 e. The van der Waals surface area contributed by atoms with Crippen LogP contribution in [0.4, 0.5) is 0 Å². The third-order valence-electron chi connectivity index (χ3n) is 3.68. The van der Waals surface area contributed by atoms with Gasteiger partial charge in [-0.2, -0.15) is 0 Å². The first-order chi connectivity index (χ1) is 7.86. The Morgan fingerprint density at radius 2 is 0.882 bits per heavy atom. The highest BCUT2D eigenvalue weighted by atomic mass is 16.1. The summed E-state index contributed by atoms with van der Waals surface area (Å²) < 4.78 is 0. The molecule has 0 aromatic heterocycles. The zero-order chi connectivity index (χ0) is 11.6. The van der Waals surface area contributed by atoms with E-state index in [9.17, 15) is 9.59 Å². The van der Waals surface area contributed by atoms with Crippen molar-refractivity contribution in [2.75, 3.05) is 0 Å². The number of hydrogen-bond acceptors (Lipinski definition) is 2. The fourth-order valence-electron chi connectivity index (χ4n) is 2.54. The molecule has 17 heavy (non-hydrogen) atoms. The highest BCUT2D eigenvalue weighted by Gasteiger charge is 2.11. The summed E-state index contributed by atoms with van der Waals surface area (Å²) in [6.07, 6.45) is 14.5. The van der Waals surface area contributed by atoms with Crippen LogP contribution in [-0.2, 0) is 9.59 Å². The largest absolute Gasteiger partial charge is 0.412 e. The van der Waals surface area contributed by atoms with Crippen LogP contribution in [-0.4, -0.2) is 18.0 Å². The Hall–Kier alpha value is -0.700. The van der Waals surface area contributed by atoms with Gasteiger partial charge in [-0.3, -0.25) is 0 Å². The van der Waals surface area contributed by atoms with E-state index in [0.717, 1.165) is 38.3 Å². The van der Waals surface area contributed by atoms with Crippen molar-refractivity contribution >= 4 is 12.6 Å². The van der Waals surface area contributed by atoms with Crippen LogP contribution in [0.3, 0.4) is 0 Å². The Morgan fingerprint density at radius 1 is 0.588 bits per heavy atom. The molecule has 3 nitrogen and oxygen atoms in total. The van der Waals surface area contributed by atoms with E-state index in [-0.39, 0.29) is 5.48 Å². The molecular formula is C14H26O3. The number of hydrogen-bond donors (Lipinski definition) is 0. The lowest BCUT2D eigenvalue weighted by Crippen LogP contribution is -2.06. The van der Waals surface area contributed by atoms with Gasteiger partial charge >= 0.3 is 0 Å². The molecule has 3 heteroatoms. The quantitative estimate of drug-likeness (QED) is 0.699. The van der Waals surface area contributed by atoms with Gasteiger partial charge in [-0.05, 0) is 25.7 Å². The van der Waals surface area contributed by atoms with E-state index in [1.807, 2.05) is 0 Å². The number of carbonyl (C=O) groups excluding carboxylic acids is 2. The Balaban J connectivity index is 0.000000284. The molecule has 0 amide bonds. The molecule has 0 spiro atoms. The molecule has 0 aromatic rings. The van der Waals surface area contributed by atoms with Crippen molar-refractivity contribution in [3.8, 4) is 0 Å². The van der Waals surface area contributed by atoms with Crippen LogP contribution in [0, 0.1) is 11.8 Å². The molecule has 0 aromatic carbocycles. The minimum absolute atomic E-state index is 0. The van der Waals surface area contributed by atoms with Gasteiger partial charge in [-0.25, -0.2) is 0 Å². The highest BCUT2D eigenvalue weighted by molar-refractivity contribution is 5.53. The average molecular weight is 242 g/mol. The molecular weight excluding hydrogens is 216 g/mol. The summed E-state index contributed by atoms with van der Waals surface area (Å²) in [4.78, 5) is 20.3. The topological polar surface area (TPSA) is 65.6 Å². The molecule has 0 heterocycles. The van der Waals surface area contributed by atoms with E-state index in [0.29, 0.717) is 11.8 Å². The minimum Gasteiger partial charge on any atom is -0.412 e. The lowest BCUT2D eigenvalue weighted by molar-refractivity contribution is -0.112. The Labute approximate surface area is 104 Å². The van der Waals surface area contributed by atoms with Gasteiger partial charge in [-0.15, -0.1) is 0 Å². The molecule has 0 aliphatic heterocycles. The van der Waals surface area contributed by atoms with Gasteiger partial charge in [0.1, 0.15) is 12.6 Å². The van der Waals surface area contributed by atoms with Crippen LogP contribution in [0.15, 0.2) is 0 Å². The molecule has 2 N–H and O–H groups in total. The first kappa shape index (κ1) is 16.3. The normalized spacial score (nSPS) is 21.6. The SMILES string of the molecule is O.O=CC1CCCCC1.O=CC1CCCCC1. The predicted octanol–water partition coefficient (Wildman–Crippen LogP) is 2.71. The lowest BCUT2D eigenvalue weighted by Gasteiger charge is -2.14. The van der Waals surface area contributed by atoms with Gasteiger partial charge in [-0.1, -0.05) is 38.5 Å². The summed E-state index contributed by atoms with van der Waals surface area (Å²) in [7, 11) is 0. The number of rotatable bonds is 2. The fourth-order valence-corrected chi connectivity index (χ4v) is 2.54. The Bertz CT molecular complexity index is 170. The Kier molecular flexibility index (Phi) is 10.0. The molecule has 2 aliphatic rings. The van der Waals surface area contributed by atoms with E-state index >= 15 is 0 Å². The molecule has 100 valence electrons. The van der Waals surface area contributed by atoms with Gasteiger partial charge in [0.2, 0.25) is 0 Å². The summed E-state index contributed by atoms with van der Waals surface area (Å²) in [6, 6.07) is 0. The number of aldehydes is 2. The second-order valence-corrected chi connectivity index (χ2v) is 5.07. The molecule has 0 bridgehead atoms. The molecule has 2 fully saturated rings. The zero-order valence-corrected chi connectivity index (χ0v) is 10.7. The summed E-state index contributed by atoms with van der Waals surface area (Å²) in [5.74, 6) is 0.812. The van der Waals surface area contributed by atoms with Crippen molar-refractivity contribution in [1.29, 1.82) is 0 Å². The molecule has 0 saturated heterocycles. The van der Waals surface area contributed by atoms with Crippen molar-refractivity contribution in [3.63, 3.8) is 0 Å². The standard InChI is InChI=1S/2C7H12O.H2O/c2*8-6-7-4-2-1-3-5-7;/h2*6-7H,1-5H2;1H2. The third kappa shape index (κ3) is 7.27. The van der Waals surface area contributed by atoms with Crippen LogP contribution in [0.1, 0.15) is 64.2 Å². The van der Waals surface area contributed by atoms with Crippen molar-refractivity contribution < 1.29 is 15.1 Å². The predicted molar refractivity (Wildman–Crippen MR) is 68.9 cm³/mol. The first-order valence-electron chi connectivity index (χ1n) is 6.77. The van der Waals surface area contributed by atoms with Gasteiger partial charge in [0.05, 0.1) is 0 Å². The van der Waals surface area contributed by atoms with Crippen LogP contribution in [0.25, 0.3) is 0 Å². The second-order valence-electron chi connectivity index (χ2n) is 5.07. The summed E-state index contributed by atoms with van der Waals surface area (Å²) >= 11 is 0. The second kappa shape index (κ2) is 10.5. The van der Waals surface area contributed by atoms with Crippen molar-refractivity contribution in [3.05, 3.63) is 0 Å². The Morgan fingerprint density at radius 3 is 1.06 bits per heavy atom. The van der Waals surface area contributed by atoms with Crippen molar-refractivity contribution in [2.24, 2.45) is 11.8 Å². The lowest BCUT2D eigenvalue weighted by atomic mass is 9.91. The summed E-state index contributed by atoms with van der Waals surface area (Å²) in [5, 5.41) is 0. The maximum atomic E-state index is 10.2. The zero-order valence-electron chi connectivity index (χ0n) is 10.7. The van der Waals surface area contributed by atoms with Crippen LogP contribution >= 0.6 is 0 Å². The van der Waals surface area contributed by atoms with E-state index in [1.165, 1.54) is 38.5 Å². The highest BCUT2D eigenvalue weighted by Crippen LogP contribution is 2.21. The van der Waals surface area contributed by atoms with Gasteiger partial charge in [0, 0.05) is 11.8 Å². The monoisotopic (exact) mass is 242 g/mol. The van der Waals surface area contributed by atoms with Gasteiger partial charge in [0.25, 0.3) is 0 Å². The molecule has 2 rings (SSSR count). The summed E-state index contributed by atoms with van der Waals surface area (Å²) in [5.41, 5.74) is 0. The minimum atomic E-state index is 0. The van der Waals surface area contributed by atoms with Crippen LogP contribution < -0.4 is 0 Å². The smallest absolute Gasteiger partial charge is 0.123 e. The molecule has 0 atom stereocenters. The molecule has 0 unspecified atom stereocenters. The van der Waals surface area contributed by atoms with Gasteiger partial charge < -0.3 is 15.1 Å². The third-order valence-corrected chi connectivity index (χ3v) is 3.68. The molecule has 0 radical (unpaired) electrons. The van der Waals surface area contributed by atoms with E-state index in [2.05, 4.69) is 0 Å². The van der Waals surface area contributed by atoms with E-state index in [1.54, 1.807) is 0 Å². The molecule has 2 aliphatic carbocycles. The van der Waals surface area contributed by atoms with Crippen LogP contribution in [0.5, 0.6) is 0 Å². The van der Waals surface area contributed by atoms with E-state index in [4.69, 9.17) is 0 Å². The molecule has 2 saturated carbocycles. The van der Waals surface area contributed by atoms with Gasteiger partial charge in [0.15, 0.2) is 0 Å². The van der Waals surface area contributed by atoms with Crippen LogP contribution in [0.2, 0.25) is 0 Å². The number of carbonyl (C=O) groups is 2. The average Bonchev–Trinajstić information content (AvgIpc) is 2.41.